The summed E-state index contributed by atoms with van der Waals surface area (Å²) in [7, 11) is 0. The van der Waals surface area contributed by atoms with Gasteiger partial charge in [0.2, 0.25) is 0 Å². The van der Waals surface area contributed by atoms with Gasteiger partial charge in [0, 0.05) is 16.4 Å². The Bertz CT molecular complexity index is 461. The highest BCUT2D eigenvalue weighted by Gasteiger charge is 2.35. The Hall–Kier alpha value is -0.120. The molecule has 1 nitrogen and oxygen atoms in total. The molecule has 0 amide bonds. The molecule has 0 saturated heterocycles. The summed E-state index contributed by atoms with van der Waals surface area (Å²) in [6, 6.07) is 3.62. The molecular weight excluding hydrogens is 317 g/mol. The topological polar surface area (TPSA) is 26.0 Å². The van der Waals surface area contributed by atoms with Crippen molar-refractivity contribution < 1.29 is 4.39 Å². The molecule has 4 heteroatoms. The molecule has 0 bridgehead atoms. The second-order valence-corrected chi connectivity index (χ2v) is 7.17. The van der Waals surface area contributed by atoms with Gasteiger partial charge in [-0.05, 0) is 52.2 Å². The standard InChI is InChI=1S/C14H18BrClFN/c1-14(2)6-5-11(18)9(7-14)8-3-4-10(15)12(16)13(8)17/h3-4,9,11H,5-7,18H2,1-2H3. The van der Waals surface area contributed by atoms with Crippen LogP contribution >= 0.6 is 27.5 Å². The molecule has 2 rings (SSSR count). The van der Waals surface area contributed by atoms with Crippen molar-refractivity contribution in [2.45, 2.75) is 45.1 Å². The average molecular weight is 335 g/mol. The summed E-state index contributed by atoms with van der Waals surface area (Å²) in [4.78, 5) is 0. The average Bonchev–Trinajstić information content (AvgIpc) is 2.30. The van der Waals surface area contributed by atoms with Crippen molar-refractivity contribution in [3.63, 3.8) is 0 Å². The van der Waals surface area contributed by atoms with Crippen molar-refractivity contribution >= 4 is 27.5 Å². The van der Waals surface area contributed by atoms with Gasteiger partial charge in [0.1, 0.15) is 5.82 Å². The van der Waals surface area contributed by atoms with Crippen LogP contribution in [-0.2, 0) is 0 Å². The molecule has 1 aromatic rings. The summed E-state index contributed by atoms with van der Waals surface area (Å²) in [5, 5.41) is 0.156. The first-order valence-electron chi connectivity index (χ1n) is 6.21. The molecule has 0 aromatic heterocycles. The molecule has 1 aromatic carbocycles. The number of nitrogens with two attached hydrogens (primary N) is 1. The first-order chi connectivity index (χ1) is 8.32. The molecule has 1 saturated carbocycles. The Labute approximate surface area is 121 Å². The monoisotopic (exact) mass is 333 g/mol. The van der Waals surface area contributed by atoms with Crippen molar-refractivity contribution in [1.29, 1.82) is 0 Å². The first-order valence-corrected chi connectivity index (χ1v) is 7.38. The SMILES string of the molecule is CC1(C)CCC(N)C(c2ccc(Br)c(Cl)c2F)C1. The van der Waals surface area contributed by atoms with E-state index in [9.17, 15) is 4.39 Å². The molecule has 100 valence electrons. The Balaban J connectivity index is 2.38. The highest BCUT2D eigenvalue weighted by molar-refractivity contribution is 9.10. The Kier molecular flexibility index (Phi) is 4.05. The van der Waals surface area contributed by atoms with Gasteiger partial charge in [0.25, 0.3) is 0 Å². The van der Waals surface area contributed by atoms with Crippen LogP contribution in [0, 0.1) is 11.2 Å². The lowest BCUT2D eigenvalue weighted by Gasteiger charge is -2.39. The Morgan fingerprint density at radius 2 is 2.11 bits per heavy atom. The van der Waals surface area contributed by atoms with Crippen molar-refractivity contribution in [3.8, 4) is 0 Å². The fraction of sp³-hybridized carbons (Fsp3) is 0.571. The van der Waals surface area contributed by atoms with Crippen LogP contribution in [0.2, 0.25) is 5.02 Å². The van der Waals surface area contributed by atoms with E-state index in [1.807, 2.05) is 0 Å². The summed E-state index contributed by atoms with van der Waals surface area (Å²) in [5.41, 5.74) is 7.04. The van der Waals surface area contributed by atoms with Crippen LogP contribution in [0.3, 0.4) is 0 Å². The van der Waals surface area contributed by atoms with Crippen molar-refractivity contribution in [2.75, 3.05) is 0 Å². The Morgan fingerprint density at radius 3 is 2.78 bits per heavy atom. The predicted molar refractivity (Wildman–Crippen MR) is 77.5 cm³/mol. The predicted octanol–water partition coefficient (Wildman–Crippen LogP) is 4.86. The first kappa shape index (κ1) is 14.3. The van der Waals surface area contributed by atoms with E-state index in [2.05, 4.69) is 29.8 Å². The number of rotatable bonds is 1. The van der Waals surface area contributed by atoms with Crippen LogP contribution in [0.15, 0.2) is 16.6 Å². The molecule has 2 unspecified atom stereocenters. The second kappa shape index (κ2) is 5.10. The number of halogens is 3. The van der Waals surface area contributed by atoms with Crippen LogP contribution in [0.5, 0.6) is 0 Å². The van der Waals surface area contributed by atoms with Gasteiger partial charge in [-0.2, -0.15) is 0 Å². The maximum Gasteiger partial charge on any atom is 0.146 e. The lowest BCUT2D eigenvalue weighted by molar-refractivity contribution is 0.196. The van der Waals surface area contributed by atoms with E-state index in [0.29, 0.717) is 10.0 Å². The van der Waals surface area contributed by atoms with E-state index >= 15 is 0 Å². The molecule has 1 aliphatic rings. The summed E-state index contributed by atoms with van der Waals surface area (Å²) in [5.74, 6) is -0.274. The van der Waals surface area contributed by atoms with Crippen LogP contribution < -0.4 is 5.73 Å². The second-order valence-electron chi connectivity index (χ2n) is 5.94. The third-order valence-corrected chi connectivity index (χ3v) is 5.17. The van der Waals surface area contributed by atoms with E-state index in [0.717, 1.165) is 19.3 Å². The molecular formula is C14H18BrClFN. The molecule has 2 N–H and O–H groups in total. The zero-order valence-electron chi connectivity index (χ0n) is 10.6. The van der Waals surface area contributed by atoms with E-state index in [1.54, 1.807) is 12.1 Å². The number of hydrogen-bond acceptors (Lipinski definition) is 1. The highest BCUT2D eigenvalue weighted by atomic mass is 79.9. The molecule has 0 aliphatic heterocycles. The lowest BCUT2D eigenvalue weighted by Crippen LogP contribution is -2.38. The maximum atomic E-state index is 14.3. The smallest absolute Gasteiger partial charge is 0.146 e. The van der Waals surface area contributed by atoms with Gasteiger partial charge in [-0.15, -0.1) is 0 Å². The summed E-state index contributed by atoms with van der Waals surface area (Å²) in [6.07, 6.45) is 2.93. The quantitative estimate of drug-likeness (QED) is 0.729. The van der Waals surface area contributed by atoms with Crippen molar-refractivity contribution in [1.82, 2.24) is 0 Å². The third kappa shape index (κ3) is 2.73. The van der Waals surface area contributed by atoms with Crippen LogP contribution in [0.25, 0.3) is 0 Å². The molecule has 0 heterocycles. The zero-order chi connectivity index (χ0) is 13.5. The number of hydrogen-bond donors (Lipinski definition) is 1. The van der Waals surface area contributed by atoms with Gasteiger partial charge < -0.3 is 5.73 Å². The number of benzene rings is 1. The van der Waals surface area contributed by atoms with E-state index in [-0.39, 0.29) is 28.2 Å². The van der Waals surface area contributed by atoms with E-state index in [1.165, 1.54) is 0 Å². The normalized spacial score (nSPS) is 27.2. The fourth-order valence-corrected chi connectivity index (χ4v) is 3.25. The van der Waals surface area contributed by atoms with Crippen molar-refractivity contribution in [3.05, 3.63) is 33.0 Å². The minimum atomic E-state index is -0.329. The van der Waals surface area contributed by atoms with Gasteiger partial charge in [0.15, 0.2) is 0 Å². The molecule has 0 radical (unpaired) electrons. The van der Waals surface area contributed by atoms with E-state index in [4.69, 9.17) is 17.3 Å². The molecule has 0 spiro atoms. The van der Waals surface area contributed by atoms with Crippen LogP contribution in [0.1, 0.15) is 44.6 Å². The van der Waals surface area contributed by atoms with Crippen molar-refractivity contribution in [2.24, 2.45) is 11.1 Å². The summed E-state index contributed by atoms with van der Waals surface area (Å²) < 4.78 is 14.8. The third-order valence-electron chi connectivity index (χ3n) is 3.91. The minimum absolute atomic E-state index is 0.0183. The minimum Gasteiger partial charge on any atom is -0.327 e. The van der Waals surface area contributed by atoms with Crippen LogP contribution in [0.4, 0.5) is 4.39 Å². The van der Waals surface area contributed by atoms with Gasteiger partial charge in [-0.1, -0.05) is 31.5 Å². The molecule has 1 fully saturated rings. The van der Waals surface area contributed by atoms with Gasteiger partial charge in [-0.3, -0.25) is 0 Å². The molecule has 1 aliphatic carbocycles. The fourth-order valence-electron chi connectivity index (χ4n) is 2.78. The molecule has 2 atom stereocenters. The van der Waals surface area contributed by atoms with Gasteiger partial charge >= 0.3 is 0 Å². The Morgan fingerprint density at radius 1 is 1.44 bits per heavy atom. The lowest BCUT2D eigenvalue weighted by atomic mass is 9.68. The van der Waals surface area contributed by atoms with Crippen LogP contribution in [-0.4, -0.2) is 6.04 Å². The summed E-state index contributed by atoms with van der Waals surface area (Å²) in [6.45, 7) is 4.43. The maximum absolute atomic E-state index is 14.3. The zero-order valence-corrected chi connectivity index (χ0v) is 13.0. The molecule has 18 heavy (non-hydrogen) atoms. The largest absolute Gasteiger partial charge is 0.327 e. The van der Waals surface area contributed by atoms with Gasteiger partial charge in [0.05, 0.1) is 5.02 Å². The van der Waals surface area contributed by atoms with Gasteiger partial charge in [-0.25, -0.2) is 4.39 Å². The highest BCUT2D eigenvalue weighted by Crippen LogP contribution is 2.44. The summed E-state index contributed by atoms with van der Waals surface area (Å²) >= 11 is 9.20. The van der Waals surface area contributed by atoms with E-state index < -0.39 is 0 Å².